The zero-order valence-corrected chi connectivity index (χ0v) is 14.3. The van der Waals surface area contributed by atoms with Crippen LogP contribution in [0, 0.1) is 0 Å². The Morgan fingerprint density at radius 1 is 0.840 bits per heavy atom. The highest BCUT2D eigenvalue weighted by Gasteiger charge is 2.11. The molecule has 1 N–H and O–H groups in total. The largest absolute Gasteiger partial charge is 0.310 e. The van der Waals surface area contributed by atoms with Gasteiger partial charge < -0.3 is 4.90 Å². The maximum atomic E-state index is 4.19. The van der Waals surface area contributed by atoms with E-state index in [0.29, 0.717) is 0 Å². The van der Waals surface area contributed by atoms with Crippen molar-refractivity contribution in [2.24, 2.45) is 5.10 Å². The van der Waals surface area contributed by atoms with Crippen molar-refractivity contribution in [1.82, 2.24) is 5.43 Å². The van der Waals surface area contributed by atoms with Gasteiger partial charge in [-0.25, -0.2) is 0 Å². The Hall–Kier alpha value is -3.33. The van der Waals surface area contributed by atoms with Crippen LogP contribution in [0.3, 0.4) is 0 Å². The molecule has 3 aromatic carbocycles. The minimum absolute atomic E-state index is 0.808. The third kappa shape index (κ3) is 4.36. The molecule has 0 bridgehead atoms. The average molecular weight is 327 g/mol. The van der Waals surface area contributed by atoms with E-state index in [2.05, 4.69) is 58.4 Å². The van der Waals surface area contributed by atoms with Crippen molar-refractivity contribution >= 4 is 23.3 Å². The molecule has 0 saturated heterocycles. The van der Waals surface area contributed by atoms with Gasteiger partial charge in [0.05, 0.1) is 6.21 Å². The van der Waals surface area contributed by atoms with Gasteiger partial charge in [-0.3, -0.25) is 5.43 Å². The number of para-hydroxylation sites is 2. The number of rotatable bonds is 6. The molecule has 0 aliphatic carbocycles. The van der Waals surface area contributed by atoms with Gasteiger partial charge in [0, 0.05) is 22.8 Å². The van der Waals surface area contributed by atoms with E-state index in [0.717, 1.165) is 28.3 Å². The molecule has 3 aromatic rings. The first-order chi connectivity index (χ1) is 12.2. The van der Waals surface area contributed by atoms with Crippen molar-refractivity contribution in [2.45, 2.75) is 6.92 Å². The first-order valence-corrected chi connectivity index (χ1v) is 8.19. The Labute approximate surface area is 148 Å². The first kappa shape index (κ1) is 16.5. The topological polar surface area (TPSA) is 27.6 Å². The minimum atomic E-state index is 0.808. The third-order valence-corrected chi connectivity index (χ3v) is 3.63. The van der Waals surface area contributed by atoms with Crippen LogP contribution < -0.4 is 10.3 Å². The van der Waals surface area contributed by atoms with Crippen LogP contribution in [0.4, 0.5) is 17.1 Å². The summed E-state index contributed by atoms with van der Waals surface area (Å²) < 4.78 is 0. The van der Waals surface area contributed by atoms with Crippen LogP contribution in [0.5, 0.6) is 0 Å². The first-order valence-electron chi connectivity index (χ1n) is 8.19. The predicted molar refractivity (Wildman–Crippen MR) is 107 cm³/mol. The molecular weight excluding hydrogens is 306 g/mol. The van der Waals surface area contributed by atoms with Crippen LogP contribution in [0.1, 0.15) is 12.5 Å². The maximum Gasteiger partial charge on any atom is 0.0545 e. The highest BCUT2D eigenvalue weighted by Crippen LogP contribution is 2.34. The number of anilines is 3. The molecule has 0 aliphatic rings. The van der Waals surface area contributed by atoms with Crippen molar-refractivity contribution in [3.63, 3.8) is 0 Å². The van der Waals surface area contributed by atoms with E-state index in [1.165, 1.54) is 0 Å². The van der Waals surface area contributed by atoms with Gasteiger partial charge in [0.2, 0.25) is 0 Å². The van der Waals surface area contributed by atoms with Crippen LogP contribution in [0.2, 0.25) is 0 Å². The number of hydrogen-bond donors (Lipinski definition) is 1. The van der Waals surface area contributed by atoms with Gasteiger partial charge in [-0.2, -0.15) is 5.10 Å². The smallest absolute Gasteiger partial charge is 0.0545 e. The molecule has 0 atom stereocenters. The van der Waals surface area contributed by atoms with Gasteiger partial charge in [-0.15, -0.1) is 0 Å². The Balaban J connectivity index is 2.00. The number of hydrogen-bond acceptors (Lipinski definition) is 3. The van der Waals surface area contributed by atoms with Gasteiger partial charge >= 0.3 is 0 Å². The van der Waals surface area contributed by atoms with Crippen molar-refractivity contribution < 1.29 is 0 Å². The van der Waals surface area contributed by atoms with Crippen molar-refractivity contribution in [3.05, 3.63) is 103 Å². The van der Waals surface area contributed by atoms with E-state index in [9.17, 15) is 0 Å². The standard InChI is InChI=1S/C22H21N3/c1-18(2)24-23-17-19-10-9-15-22(16-19)25(20-11-5-3-6-12-20)21-13-7-4-8-14-21/h3-17,24H,1H2,2H3/b23-17+. The zero-order chi connectivity index (χ0) is 17.5. The normalized spacial score (nSPS) is 10.6. The fourth-order valence-electron chi connectivity index (χ4n) is 2.56. The molecular formula is C22H21N3. The van der Waals surface area contributed by atoms with Gasteiger partial charge in [0.25, 0.3) is 0 Å². The lowest BCUT2D eigenvalue weighted by Crippen LogP contribution is -2.10. The lowest BCUT2D eigenvalue weighted by atomic mass is 10.1. The Kier molecular flexibility index (Phi) is 5.27. The van der Waals surface area contributed by atoms with Gasteiger partial charge in [0.15, 0.2) is 0 Å². The van der Waals surface area contributed by atoms with E-state index in [1.54, 1.807) is 6.21 Å². The van der Waals surface area contributed by atoms with Crippen LogP contribution in [0.25, 0.3) is 0 Å². The van der Waals surface area contributed by atoms with E-state index in [4.69, 9.17) is 0 Å². The van der Waals surface area contributed by atoms with Gasteiger partial charge in [-0.1, -0.05) is 55.1 Å². The van der Waals surface area contributed by atoms with E-state index in [-0.39, 0.29) is 0 Å². The quantitative estimate of drug-likeness (QED) is 0.470. The molecule has 3 nitrogen and oxygen atoms in total. The minimum Gasteiger partial charge on any atom is -0.310 e. The Morgan fingerprint density at radius 3 is 1.96 bits per heavy atom. The molecule has 0 saturated carbocycles. The van der Waals surface area contributed by atoms with Gasteiger partial charge in [-0.05, 0) is 48.9 Å². The maximum absolute atomic E-state index is 4.19. The van der Waals surface area contributed by atoms with E-state index in [1.807, 2.05) is 55.5 Å². The Bertz CT molecular complexity index is 815. The summed E-state index contributed by atoms with van der Waals surface area (Å²) in [5.41, 5.74) is 8.00. The Morgan fingerprint density at radius 2 is 1.40 bits per heavy atom. The summed E-state index contributed by atoms with van der Waals surface area (Å²) in [6.07, 6.45) is 1.80. The summed E-state index contributed by atoms with van der Waals surface area (Å²) in [5.74, 6) is 0. The second-order valence-corrected chi connectivity index (χ2v) is 5.75. The van der Waals surface area contributed by atoms with Crippen LogP contribution in [-0.4, -0.2) is 6.21 Å². The lowest BCUT2D eigenvalue weighted by molar-refractivity contribution is 0.899. The number of hydrazone groups is 1. The fraction of sp³-hybridized carbons (Fsp3) is 0.0455. The van der Waals surface area contributed by atoms with Crippen LogP contribution in [0.15, 0.2) is 102 Å². The molecule has 0 amide bonds. The number of benzene rings is 3. The fourth-order valence-corrected chi connectivity index (χ4v) is 2.56. The predicted octanol–water partition coefficient (Wildman–Crippen LogP) is 5.61. The molecule has 0 aromatic heterocycles. The van der Waals surface area contributed by atoms with Crippen LogP contribution >= 0.6 is 0 Å². The van der Waals surface area contributed by atoms with Crippen molar-refractivity contribution in [1.29, 1.82) is 0 Å². The molecule has 0 radical (unpaired) electrons. The number of allylic oxidation sites excluding steroid dienone is 1. The molecule has 3 heteroatoms. The highest BCUT2D eigenvalue weighted by atomic mass is 15.3. The van der Waals surface area contributed by atoms with Crippen LogP contribution in [-0.2, 0) is 0 Å². The summed E-state index contributed by atoms with van der Waals surface area (Å²) in [7, 11) is 0. The third-order valence-electron chi connectivity index (χ3n) is 3.63. The zero-order valence-electron chi connectivity index (χ0n) is 14.3. The summed E-state index contributed by atoms with van der Waals surface area (Å²) in [5, 5.41) is 4.19. The summed E-state index contributed by atoms with van der Waals surface area (Å²) >= 11 is 0. The molecule has 0 spiro atoms. The number of nitrogens with zero attached hydrogens (tertiary/aromatic N) is 2. The molecule has 0 unspecified atom stereocenters. The van der Waals surface area contributed by atoms with E-state index >= 15 is 0 Å². The summed E-state index contributed by atoms with van der Waals surface area (Å²) in [4.78, 5) is 2.23. The van der Waals surface area contributed by atoms with Gasteiger partial charge in [0.1, 0.15) is 0 Å². The SMILES string of the molecule is C=C(C)N/N=C/c1cccc(N(c2ccccc2)c2ccccc2)c1. The highest BCUT2D eigenvalue weighted by molar-refractivity contribution is 5.84. The molecule has 0 fully saturated rings. The van der Waals surface area contributed by atoms with Crippen molar-refractivity contribution in [3.8, 4) is 0 Å². The molecule has 0 aliphatic heterocycles. The molecule has 124 valence electrons. The summed E-state index contributed by atoms with van der Waals surface area (Å²) in [6, 6.07) is 29.0. The second kappa shape index (κ2) is 7.97. The average Bonchev–Trinajstić information content (AvgIpc) is 2.64. The summed E-state index contributed by atoms with van der Waals surface area (Å²) in [6.45, 7) is 5.65. The number of nitrogens with one attached hydrogen (secondary N) is 1. The molecule has 3 rings (SSSR count). The lowest BCUT2D eigenvalue weighted by Gasteiger charge is -2.25. The monoisotopic (exact) mass is 327 g/mol. The van der Waals surface area contributed by atoms with Crippen molar-refractivity contribution in [2.75, 3.05) is 4.90 Å². The van der Waals surface area contributed by atoms with E-state index < -0.39 is 0 Å². The molecule has 25 heavy (non-hydrogen) atoms. The second-order valence-electron chi connectivity index (χ2n) is 5.75. The molecule has 0 heterocycles.